The highest BCUT2D eigenvalue weighted by Crippen LogP contribution is 2.18. The molecule has 0 bridgehead atoms. The van der Waals surface area contributed by atoms with Crippen molar-refractivity contribution in [3.05, 3.63) is 17.7 Å². The molecule has 2 rings (SSSR count). The molecule has 4 nitrogen and oxygen atoms in total. The van der Waals surface area contributed by atoms with Gasteiger partial charge in [0.1, 0.15) is 0 Å². The molecule has 1 unspecified atom stereocenters. The van der Waals surface area contributed by atoms with Gasteiger partial charge in [-0.15, -0.1) is 0 Å². The van der Waals surface area contributed by atoms with E-state index < -0.39 is 0 Å². The molecular formula is C11H19N3O. The number of aliphatic hydroxyl groups is 1. The number of rotatable bonds is 5. The van der Waals surface area contributed by atoms with Crippen LogP contribution in [0.4, 0.5) is 0 Å². The Morgan fingerprint density at radius 2 is 2.33 bits per heavy atom. The second-order valence-electron chi connectivity index (χ2n) is 4.40. The zero-order chi connectivity index (χ0) is 10.8. The van der Waals surface area contributed by atoms with Gasteiger partial charge in [-0.25, -0.2) is 4.98 Å². The predicted octanol–water partition coefficient (Wildman–Crippen LogP) is 0.613. The van der Waals surface area contributed by atoms with Crippen LogP contribution in [0.3, 0.4) is 0 Å². The fraction of sp³-hybridized carbons (Fsp3) is 0.727. The van der Waals surface area contributed by atoms with E-state index in [9.17, 15) is 5.11 Å². The van der Waals surface area contributed by atoms with Crippen LogP contribution in [0, 0.1) is 13.8 Å². The minimum atomic E-state index is -0.321. The summed E-state index contributed by atoms with van der Waals surface area (Å²) in [6.07, 6.45) is 3.99. The number of aryl methyl sites for hydroxylation is 1. The molecule has 0 saturated heterocycles. The van der Waals surface area contributed by atoms with Gasteiger partial charge in [0, 0.05) is 18.3 Å². The molecule has 4 heteroatoms. The van der Waals surface area contributed by atoms with Crippen LogP contribution in [0.1, 0.15) is 24.2 Å². The Morgan fingerprint density at radius 3 is 2.87 bits per heavy atom. The molecular weight excluding hydrogens is 190 g/mol. The summed E-state index contributed by atoms with van der Waals surface area (Å²) in [4.78, 5) is 4.21. The van der Waals surface area contributed by atoms with Gasteiger partial charge in [0.25, 0.3) is 0 Å². The second kappa shape index (κ2) is 4.33. The lowest BCUT2D eigenvalue weighted by Gasteiger charge is -2.13. The van der Waals surface area contributed by atoms with Crippen molar-refractivity contribution in [1.82, 2.24) is 14.9 Å². The molecule has 84 valence electrons. The Kier molecular flexibility index (Phi) is 3.07. The third kappa shape index (κ3) is 2.79. The maximum Gasteiger partial charge on any atom is 0.0952 e. The third-order valence-electron chi connectivity index (χ3n) is 2.97. The average Bonchev–Trinajstić information content (AvgIpc) is 2.98. The zero-order valence-corrected chi connectivity index (χ0v) is 9.40. The fourth-order valence-corrected chi connectivity index (χ4v) is 1.61. The predicted molar refractivity (Wildman–Crippen MR) is 58.7 cm³/mol. The van der Waals surface area contributed by atoms with Gasteiger partial charge in [-0.3, -0.25) is 0 Å². The largest absolute Gasteiger partial charge is 0.390 e. The molecule has 0 radical (unpaired) electrons. The molecule has 0 amide bonds. The number of hydrogen-bond acceptors (Lipinski definition) is 3. The summed E-state index contributed by atoms with van der Waals surface area (Å²) >= 11 is 0. The number of nitrogens with one attached hydrogen (secondary N) is 1. The number of nitrogens with zero attached hydrogens (tertiary/aromatic N) is 2. The van der Waals surface area contributed by atoms with Crippen LogP contribution in [-0.4, -0.2) is 33.3 Å². The average molecular weight is 209 g/mol. The standard InChI is InChI=1S/C11H19N3O/c1-8-9(2)14(7-13-8)6-11(15)5-12-10-3-4-10/h7,10-12,15H,3-6H2,1-2H3. The topological polar surface area (TPSA) is 50.1 Å². The van der Waals surface area contributed by atoms with Gasteiger partial charge < -0.3 is 15.0 Å². The second-order valence-corrected chi connectivity index (χ2v) is 4.40. The van der Waals surface area contributed by atoms with Crippen molar-refractivity contribution in [2.24, 2.45) is 0 Å². The monoisotopic (exact) mass is 209 g/mol. The van der Waals surface area contributed by atoms with Crippen molar-refractivity contribution in [1.29, 1.82) is 0 Å². The molecule has 1 aromatic rings. The molecule has 1 atom stereocenters. The van der Waals surface area contributed by atoms with Crippen LogP contribution in [0.5, 0.6) is 0 Å². The first-order chi connectivity index (χ1) is 7.16. The highest BCUT2D eigenvalue weighted by Gasteiger charge is 2.21. The molecule has 1 aliphatic rings. The van der Waals surface area contributed by atoms with E-state index >= 15 is 0 Å². The summed E-state index contributed by atoms with van der Waals surface area (Å²) in [7, 11) is 0. The van der Waals surface area contributed by atoms with Gasteiger partial charge in [-0.1, -0.05) is 0 Å². The Balaban J connectivity index is 1.81. The smallest absolute Gasteiger partial charge is 0.0952 e. The summed E-state index contributed by atoms with van der Waals surface area (Å²) in [5.41, 5.74) is 2.18. The van der Waals surface area contributed by atoms with Crippen LogP contribution >= 0.6 is 0 Å². The van der Waals surface area contributed by atoms with Crippen molar-refractivity contribution in [2.45, 2.75) is 45.4 Å². The van der Waals surface area contributed by atoms with Crippen LogP contribution in [0.2, 0.25) is 0 Å². The first kappa shape index (κ1) is 10.6. The SMILES string of the molecule is Cc1ncn(CC(O)CNC2CC2)c1C. The number of imidazole rings is 1. The number of aliphatic hydroxyl groups excluding tert-OH is 1. The molecule has 1 heterocycles. The lowest BCUT2D eigenvalue weighted by molar-refractivity contribution is 0.150. The Bertz CT molecular complexity index is 331. The maximum atomic E-state index is 9.80. The number of aromatic nitrogens is 2. The van der Waals surface area contributed by atoms with Crippen molar-refractivity contribution in [3.8, 4) is 0 Å². The molecule has 0 aromatic carbocycles. The molecule has 1 aliphatic carbocycles. The maximum absolute atomic E-state index is 9.80. The lowest BCUT2D eigenvalue weighted by atomic mass is 10.3. The molecule has 0 spiro atoms. The fourth-order valence-electron chi connectivity index (χ4n) is 1.61. The van der Waals surface area contributed by atoms with Crippen LogP contribution < -0.4 is 5.32 Å². The van der Waals surface area contributed by atoms with E-state index in [2.05, 4.69) is 10.3 Å². The van der Waals surface area contributed by atoms with E-state index in [0.29, 0.717) is 19.1 Å². The summed E-state index contributed by atoms with van der Waals surface area (Å²) < 4.78 is 2.01. The van der Waals surface area contributed by atoms with Gasteiger partial charge >= 0.3 is 0 Å². The highest BCUT2D eigenvalue weighted by atomic mass is 16.3. The van der Waals surface area contributed by atoms with Gasteiger partial charge in [-0.05, 0) is 26.7 Å². The van der Waals surface area contributed by atoms with Gasteiger partial charge in [-0.2, -0.15) is 0 Å². The molecule has 15 heavy (non-hydrogen) atoms. The first-order valence-corrected chi connectivity index (χ1v) is 5.56. The minimum Gasteiger partial charge on any atom is -0.390 e. The lowest BCUT2D eigenvalue weighted by Crippen LogP contribution is -2.31. The molecule has 0 aliphatic heterocycles. The third-order valence-corrected chi connectivity index (χ3v) is 2.97. The Hall–Kier alpha value is -0.870. The van der Waals surface area contributed by atoms with Crippen molar-refractivity contribution in [2.75, 3.05) is 6.54 Å². The molecule has 1 saturated carbocycles. The quantitative estimate of drug-likeness (QED) is 0.747. The zero-order valence-electron chi connectivity index (χ0n) is 9.40. The highest BCUT2D eigenvalue weighted by molar-refractivity contribution is 5.08. The normalized spacial score (nSPS) is 18.1. The minimum absolute atomic E-state index is 0.321. The van der Waals surface area contributed by atoms with E-state index in [0.717, 1.165) is 11.4 Å². The van der Waals surface area contributed by atoms with E-state index in [4.69, 9.17) is 0 Å². The Morgan fingerprint density at radius 1 is 1.60 bits per heavy atom. The molecule has 1 aromatic heterocycles. The Labute approximate surface area is 90.3 Å². The number of hydrogen-bond donors (Lipinski definition) is 2. The van der Waals surface area contributed by atoms with E-state index in [-0.39, 0.29) is 6.10 Å². The van der Waals surface area contributed by atoms with Crippen LogP contribution in [-0.2, 0) is 6.54 Å². The van der Waals surface area contributed by atoms with E-state index in [1.165, 1.54) is 12.8 Å². The van der Waals surface area contributed by atoms with Gasteiger partial charge in [0.05, 0.1) is 24.7 Å². The van der Waals surface area contributed by atoms with E-state index in [1.54, 1.807) is 6.33 Å². The van der Waals surface area contributed by atoms with Gasteiger partial charge in [0.15, 0.2) is 0 Å². The summed E-state index contributed by atoms with van der Waals surface area (Å²) in [5.74, 6) is 0. The van der Waals surface area contributed by atoms with Crippen molar-refractivity contribution < 1.29 is 5.11 Å². The van der Waals surface area contributed by atoms with Gasteiger partial charge in [0.2, 0.25) is 0 Å². The van der Waals surface area contributed by atoms with E-state index in [1.807, 2.05) is 18.4 Å². The summed E-state index contributed by atoms with van der Waals surface area (Å²) in [5, 5.41) is 13.1. The summed E-state index contributed by atoms with van der Waals surface area (Å²) in [6.45, 7) is 5.33. The van der Waals surface area contributed by atoms with Crippen LogP contribution in [0.15, 0.2) is 6.33 Å². The van der Waals surface area contributed by atoms with Crippen molar-refractivity contribution >= 4 is 0 Å². The van der Waals surface area contributed by atoms with Crippen LogP contribution in [0.25, 0.3) is 0 Å². The molecule has 2 N–H and O–H groups in total. The molecule has 1 fully saturated rings. The first-order valence-electron chi connectivity index (χ1n) is 5.56. The van der Waals surface area contributed by atoms with Crippen molar-refractivity contribution in [3.63, 3.8) is 0 Å². The summed E-state index contributed by atoms with van der Waals surface area (Å²) in [6, 6.07) is 0.658.